The summed E-state index contributed by atoms with van der Waals surface area (Å²) < 4.78 is 11.3. The molecule has 1 amide bonds. The predicted octanol–water partition coefficient (Wildman–Crippen LogP) is 2.63. The van der Waals surface area contributed by atoms with E-state index >= 15 is 0 Å². The second-order valence-electron chi connectivity index (χ2n) is 6.63. The second kappa shape index (κ2) is 8.60. The lowest BCUT2D eigenvalue weighted by Gasteiger charge is -2.37. The summed E-state index contributed by atoms with van der Waals surface area (Å²) in [6.07, 6.45) is 8.15. The van der Waals surface area contributed by atoms with E-state index in [-0.39, 0.29) is 17.9 Å². The minimum atomic E-state index is -0.915. The quantitative estimate of drug-likeness (QED) is 0.804. The Bertz CT molecular complexity index is 547. The van der Waals surface area contributed by atoms with Gasteiger partial charge in [-0.25, -0.2) is 0 Å². The highest BCUT2D eigenvalue weighted by Gasteiger charge is 2.31. The van der Waals surface area contributed by atoms with Crippen molar-refractivity contribution in [2.24, 2.45) is 5.41 Å². The Labute approximate surface area is 141 Å². The van der Waals surface area contributed by atoms with Crippen molar-refractivity contribution in [1.29, 1.82) is 0 Å². The first-order valence-electron chi connectivity index (χ1n) is 8.33. The van der Waals surface area contributed by atoms with E-state index in [2.05, 4.69) is 5.32 Å². The summed E-state index contributed by atoms with van der Waals surface area (Å²) in [5, 5.41) is 12.4. The maximum atomic E-state index is 12.4. The van der Waals surface area contributed by atoms with Gasteiger partial charge in [0.05, 0.1) is 0 Å². The molecule has 1 unspecified atom stereocenters. The predicted molar refractivity (Wildman–Crippen MR) is 93.8 cm³/mol. The molecule has 4 nitrogen and oxygen atoms in total. The molecule has 0 radical (unpaired) electrons. The molecule has 5 heteroatoms. The minimum absolute atomic E-state index is 0.0468. The van der Waals surface area contributed by atoms with Crippen LogP contribution in [-0.2, 0) is 16.6 Å². The van der Waals surface area contributed by atoms with Gasteiger partial charge in [0.15, 0.2) is 0 Å². The molecule has 0 bridgehead atoms. The van der Waals surface area contributed by atoms with Gasteiger partial charge in [-0.2, -0.15) is 0 Å². The van der Waals surface area contributed by atoms with Gasteiger partial charge in [0, 0.05) is 41.5 Å². The maximum absolute atomic E-state index is 12.4. The van der Waals surface area contributed by atoms with Gasteiger partial charge in [-0.15, -0.1) is 0 Å². The van der Waals surface area contributed by atoms with E-state index in [0.717, 1.165) is 24.8 Å². The van der Waals surface area contributed by atoms with Crippen molar-refractivity contribution in [3.63, 3.8) is 0 Å². The van der Waals surface area contributed by atoms with Crippen LogP contribution in [0.5, 0.6) is 0 Å². The number of carbonyl (C=O) groups excluding carboxylic acids is 1. The van der Waals surface area contributed by atoms with Gasteiger partial charge in [-0.3, -0.25) is 9.00 Å². The highest BCUT2D eigenvalue weighted by atomic mass is 32.2. The maximum Gasteiger partial charge on any atom is 0.251 e. The second-order valence-corrected chi connectivity index (χ2v) is 8.07. The van der Waals surface area contributed by atoms with E-state index in [1.807, 2.05) is 18.2 Å². The van der Waals surface area contributed by atoms with E-state index in [0.29, 0.717) is 17.9 Å². The average Bonchev–Trinajstić information content (AvgIpc) is 2.53. The molecular formula is C18H27NO3S. The Balaban J connectivity index is 1.99. The van der Waals surface area contributed by atoms with Crippen LogP contribution in [0.4, 0.5) is 0 Å². The largest absolute Gasteiger partial charge is 0.396 e. The number of nitrogens with one attached hydrogen (secondary N) is 1. The molecule has 1 aromatic rings. The van der Waals surface area contributed by atoms with Gasteiger partial charge >= 0.3 is 0 Å². The third-order valence-corrected chi connectivity index (χ3v) is 5.48. The molecule has 128 valence electrons. The number of carbonyl (C=O) groups is 1. The highest BCUT2D eigenvalue weighted by molar-refractivity contribution is 7.83. The zero-order valence-electron chi connectivity index (χ0n) is 13.8. The van der Waals surface area contributed by atoms with Crippen LogP contribution in [-0.4, -0.2) is 34.6 Å². The minimum Gasteiger partial charge on any atom is -0.396 e. The monoisotopic (exact) mass is 337 g/mol. The molecule has 1 aliphatic rings. The first kappa shape index (κ1) is 18.1. The standard InChI is InChI=1S/C18H27NO3S/c1-23(22)13-15-6-5-7-16(12-15)17(21)19-14-18(10-11-20)8-3-2-4-9-18/h5-7,12,20H,2-4,8-11,13-14H2,1H3,(H,19,21). The first-order chi connectivity index (χ1) is 11.0. The van der Waals surface area contributed by atoms with Crippen molar-refractivity contribution in [2.45, 2.75) is 44.3 Å². The summed E-state index contributed by atoms with van der Waals surface area (Å²) in [4.78, 5) is 12.4. The molecule has 1 saturated carbocycles. The van der Waals surface area contributed by atoms with Crippen LogP contribution in [0.1, 0.15) is 54.4 Å². The molecule has 0 saturated heterocycles. The number of aliphatic hydroxyl groups excluding tert-OH is 1. The molecule has 1 fully saturated rings. The van der Waals surface area contributed by atoms with Crippen LogP contribution in [0.2, 0.25) is 0 Å². The number of benzene rings is 1. The molecule has 23 heavy (non-hydrogen) atoms. The summed E-state index contributed by atoms with van der Waals surface area (Å²) in [6.45, 7) is 0.796. The zero-order chi connectivity index (χ0) is 16.7. The van der Waals surface area contributed by atoms with Crippen LogP contribution >= 0.6 is 0 Å². The average molecular weight is 337 g/mol. The summed E-state index contributed by atoms with van der Waals surface area (Å²) >= 11 is 0. The number of amides is 1. The third-order valence-electron chi connectivity index (χ3n) is 4.74. The lowest BCUT2D eigenvalue weighted by molar-refractivity contribution is 0.0869. The molecule has 0 spiro atoms. The van der Waals surface area contributed by atoms with Gasteiger partial charge in [-0.1, -0.05) is 31.4 Å². The van der Waals surface area contributed by atoms with Gasteiger partial charge in [-0.05, 0) is 42.4 Å². The zero-order valence-corrected chi connectivity index (χ0v) is 14.7. The molecule has 2 N–H and O–H groups in total. The van der Waals surface area contributed by atoms with Crippen molar-refractivity contribution in [3.8, 4) is 0 Å². The fourth-order valence-electron chi connectivity index (χ4n) is 3.46. The topological polar surface area (TPSA) is 66.4 Å². The van der Waals surface area contributed by atoms with Crippen molar-refractivity contribution < 1.29 is 14.1 Å². The van der Waals surface area contributed by atoms with Crippen LogP contribution in [0.15, 0.2) is 24.3 Å². The Hall–Kier alpha value is -1.20. The molecule has 1 aliphatic carbocycles. The van der Waals surface area contributed by atoms with E-state index < -0.39 is 10.8 Å². The Morgan fingerprint density at radius 2 is 2.04 bits per heavy atom. The molecular weight excluding hydrogens is 310 g/mol. The SMILES string of the molecule is CS(=O)Cc1cccc(C(=O)NCC2(CCO)CCCCC2)c1. The van der Waals surface area contributed by atoms with Gasteiger partial charge in [0.2, 0.25) is 0 Å². The number of hydrogen-bond acceptors (Lipinski definition) is 3. The Morgan fingerprint density at radius 1 is 1.30 bits per heavy atom. The lowest BCUT2D eigenvalue weighted by Crippen LogP contribution is -2.39. The van der Waals surface area contributed by atoms with Gasteiger partial charge in [0.1, 0.15) is 0 Å². The first-order valence-corrected chi connectivity index (χ1v) is 10.1. The van der Waals surface area contributed by atoms with E-state index in [4.69, 9.17) is 0 Å². The number of rotatable bonds is 7. The van der Waals surface area contributed by atoms with Crippen LogP contribution in [0, 0.1) is 5.41 Å². The van der Waals surface area contributed by atoms with Crippen molar-refractivity contribution in [2.75, 3.05) is 19.4 Å². The number of hydrogen-bond donors (Lipinski definition) is 2. The Morgan fingerprint density at radius 3 is 2.70 bits per heavy atom. The van der Waals surface area contributed by atoms with E-state index in [1.54, 1.807) is 12.3 Å². The van der Waals surface area contributed by atoms with Crippen LogP contribution < -0.4 is 5.32 Å². The summed E-state index contributed by atoms with van der Waals surface area (Å²) in [5.41, 5.74) is 1.58. The molecule has 1 atom stereocenters. The molecule has 0 aromatic heterocycles. The fraction of sp³-hybridized carbons (Fsp3) is 0.611. The van der Waals surface area contributed by atoms with Crippen molar-refractivity contribution in [3.05, 3.63) is 35.4 Å². The fourth-order valence-corrected chi connectivity index (χ4v) is 4.11. The molecule has 0 aliphatic heterocycles. The molecule has 0 heterocycles. The molecule has 2 rings (SSSR count). The van der Waals surface area contributed by atoms with E-state index in [1.165, 1.54) is 19.3 Å². The van der Waals surface area contributed by atoms with Crippen molar-refractivity contribution >= 4 is 16.7 Å². The smallest absolute Gasteiger partial charge is 0.251 e. The number of aliphatic hydroxyl groups is 1. The van der Waals surface area contributed by atoms with Gasteiger partial charge < -0.3 is 10.4 Å². The van der Waals surface area contributed by atoms with Gasteiger partial charge in [0.25, 0.3) is 5.91 Å². The van der Waals surface area contributed by atoms with E-state index in [9.17, 15) is 14.1 Å². The summed E-state index contributed by atoms with van der Waals surface area (Å²) in [5.74, 6) is 0.381. The van der Waals surface area contributed by atoms with Crippen LogP contribution in [0.25, 0.3) is 0 Å². The summed E-state index contributed by atoms with van der Waals surface area (Å²) in [7, 11) is -0.915. The highest BCUT2D eigenvalue weighted by Crippen LogP contribution is 2.38. The normalized spacial score (nSPS) is 18.3. The van der Waals surface area contributed by atoms with Crippen molar-refractivity contribution in [1.82, 2.24) is 5.32 Å². The lowest BCUT2D eigenvalue weighted by atomic mass is 9.72. The summed E-state index contributed by atoms with van der Waals surface area (Å²) in [6, 6.07) is 7.33. The Kier molecular flexibility index (Phi) is 6.78. The third kappa shape index (κ3) is 5.43. The molecule has 1 aromatic carbocycles. The van der Waals surface area contributed by atoms with Crippen LogP contribution in [0.3, 0.4) is 0 Å².